The molecule has 102 valence electrons. The van der Waals surface area contributed by atoms with Crippen molar-refractivity contribution < 1.29 is 14.6 Å². The zero-order chi connectivity index (χ0) is 13.1. The molecule has 0 aliphatic carbocycles. The second kappa shape index (κ2) is 10.5. The topological polar surface area (TPSA) is 75.8 Å². The number of rotatable bonds is 10. The monoisotopic (exact) mass is 246 g/mol. The first-order valence-electron chi connectivity index (χ1n) is 6.23. The van der Waals surface area contributed by atoms with E-state index in [1.807, 2.05) is 0 Å². The van der Waals surface area contributed by atoms with Crippen molar-refractivity contribution in [3.63, 3.8) is 0 Å². The number of methoxy groups -OCH3 is 1. The zero-order valence-corrected chi connectivity index (χ0v) is 11.0. The van der Waals surface area contributed by atoms with Crippen LogP contribution in [0.1, 0.15) is 26.2 Å². The van der Waals surface area contributed by atoms with Crippen LogP contribution in [-0.4, -0.2) is 55.9 Å². The van der Waals surface area contributed by atoms with Crippen LogP contribution in [-0.2, 0) is 9.53 Å². The number of hydrogen-bond acceptors (Lipinski definition) is 4. The largest absolute Gasteiger partial charge is 0.395 e. The SMILES string of the molecule is COCCN(CCO)C(=O)CCC(C)CCN. The van der Waals surface area contributed by atoms with Crippen LogP contribution >= 0.6 is 0 Å². The van der Waals surface area contributed by atoms with Crippen molar-refractivity contribution in [2.24, 2.45) is 11.7 Å². The Bertz CT molecular complexity index is 200. The molecule has 0 fully saturated rings. The molecular weight excluding hydrogens is 220 g/mol. The second-order valence-electron chi connectivity index (χ2n) is 4.32. The Morgan fingerprint density at radius 3 is 2.65 bits per heavy atom. The molecule has 5 nitrogen and oxygen atoms in total. The van der Waals surface area contributed by atoms with E-state index in [1.54, 1.807) is 12.0 Å². The fraction of sp³-hybridized carbons (Fsp3) is 0.917. The van der Waals surface area contributed by atoms with E-state index >= 15 is 0 Å². The Morgan fingerprint density at radius 2 is 2.12 bits per heavy atom. The lowest BCUT2D eigenvalue weighted by molar-refractivity contribution is -0.132. The smallest absolute Gasteiger partial charge is 0.222 e. The number of amides is 1. The molecule has 0 radical (unpaired) electrons. The van der Waals surface area contributed by atoms with Crippen LogP contribution in [0, 0.1) is 5.92 Å². The van der Waals surface area contributed by atoms with Crippen LogP contribution in [0.25, 0.3) is 0 Å². The van der Waals surface area contributed by atoms with Gasteiger partial charge < -0.3 is 20.5 Å². The van der Waals surface area contributed by atoms with E-state index in [0.717, 1.165) is 12.8 Å². The molecular formula is C12H26N2O3. The first-order valence-corrected chi connectivity index (χ1v) is 6.23. The average molecular weight is 246 g/mol. The summed E-state index contributed by atoms with van der Waals surface area (Å²) in [5.74, 6) is 0.558. The molecule has 0 aromatic heterocycles. The number of nitrogens with zero attached hydrogens (tertiary/aromatic N) is 1. The number of aliphatic hydroxyl groups is 1. The van der Waals surface area contributed by atoms with Gasteiger partial charge in [0.1, 0.15) is 0 Å². The van der Waals surface area contributed by atoms with E-state index < -0.39 is 0 Å². The molecule has 1 unspecified atom stereocenters. The lowest BCUT2D eigenvalue weighted by Gasteiger charge is -2.22. The Kier molecular flexibility index (Phi) is 10.1. The van der Waals surface area contributed by atoms with E-state index in [9.17, 15) is 4.79 Å². The molecule has 0 rings (SSSR count). The molecule has 5 heteroatoms. The molecule has 0 aliphatic rings. The predicted octanol–water partition coefficient (Wildman–Crippen LogP) is 0.219. The summed E-state index contributed by atoms with van der Waals surface area (Å²) in [6.07, 6.45) is 2.32. The minimum atomic E-state index is -0.00614. The lowest BCUT2D eigenvalue weighted by Crippen LogP contribution is -2.36. The van der Waals surface area contributed by atoms with Crippen molar-refractivity contribution in [1.29, 1.82) is 0 Å². The van der Waals surface area contributed by atoms with Gasteiger partial charge in [0, 0.05) is 26.6 Å². The lowest BCUT2D eigenvalue weighted by atomic mass is 10.0. The van der Waals surface area contributed by atoms with Crippen LogP contribution in [0.3, 0.4) is 0 Å². The highest BCUT2D eigenvalue weighted by Crippen LogP contribution is 2.10. The highest BCUT2D eigenvalue weighted by molar-refractivity contribution is 5.76. The van der Waals surface area contributed by atoms with Crippen LogP contribution < -0.4 is 5.73 Å². The quantitative estimate of drug-likeness (QED) is 0.578. The van der Waals surface area contributed by atoms with Crippen LogP contribution in [0.2, 0.25) is 0 Å². The van der Waals surface area contributed by atoms with Crippen LogP contribution in [0.4, 0.5) is 0 Å². The Balaban J connectivity index is 3.95. The average Bonchev–Trinajstić information content (AvgIpc) is 2.32. The third-order valence-corrected chi connectivity index (χ3v) is 2.80. The summed E-state index contributed by atoms with van der Waals surface area (Å²) in [7, 11) is 1.60. The fourth-order valence-electron chi connectivity index (χ4n) is 1.64. The van der Waals surface area contributed by atoms with E-state index in [2.05, 4.69) is 6.92 Å². The van der Waals surface area contributed by atoms with Crippen molar-refractivity contribution in [2.45, 2.75) is 26.2 Å². The van der Waals surface area contributed by atoms with Gasteiger partial charge in [0.05, 0.1) is 13.2 Å². The third kappa shape index (κ3) is 8.12. The van der Waals surface area contributed by atoms with Gasteiger partial charge in [-0.05, 0) is 25.3 Å². The molecule has 0 saturated carbocycles. The van der Waals surface area contributed by atoms with Gasteiger partial charge in [-0.15, -0.1) is 0 Å². The first kappa shape index (κ1) is 16.4. The van der Waals surface area contributed by atoms with Gasteiger partial charge in [0.15, 0.2) is 0 Å². The first-order chi connectivity index (χ1) is 8.15. The Labute approximate surface area is 104 Å². The van der Waals surface area contributed by atoms with Gasteiger partial charge in [-0.2, -0.15) is 0 Å². The molecule has 0 heterocycles. The number of carbonyl (C=O) groups is 1. The summed E-state index contributed by atoms with van der Waals surface area (Å²) in [6.45, 7) is 4.19. The van der Waals surface area contributed by atoms with Crippen molar-refractivity contribution in [2.75, 3.05) is 40.0 Å². The van der Waals surface area contributed by atoms with Crippen LogP contribution in [0.15, 0.2) is 0 Å². The molecule has 0 aliphatic heterocycles. The maximum atomic E-state index is 11.9. The van der Waals surface area contributed by atoms with Crippen molar-refractivity contribution in [1.82, 2.24) is 4.90 Å². The van der Waals surface area contributed by atoms with E-state index in [1.165, 1.54) is 0 Å². The van der Waals surface area contributed by atoms with E-state index in [4.69, 9.17) is 15.6 Å². The van der Waals surface area contributed by atoms with Gasteiger partial charge in [0.2, 0.25) is 5.91 Å². The number of nitrogens with two attached hydrogens (primary N) is 1. The number of carbonyl (C=O) groups excluding carboxylic acids is 1. The molecule has 0 spiro atoms. The van der Waals surface area contributed by atoms with E-state index in [-0.39, 0.29) is 12.5 Å². The van der Waals surface area contributed by atoms with Crippen molar-refractivity contribution >= 4 is 5.91 Å². The van der Waals surface area contributed by atoms with Gasteiger partial charge in [-0.25, -0.2) is 0 Å². The number of hydrogen-bond donors (Lipinski definition) is 2. The van der Waals surface area contributed by atoms with Crippen molar-refractivity contribution in [3.8, 4) is 0 Å². The Morgan fingerprint density at radius 1 is 1.41 bits per heavy atom. The molecule has 17 heavy (non-hydrogen) atoms. The highest BCUT2D eigenvalue weighted by Gasteiger charge is 2.13. The number of ether oxygens (including phenoxy) is 1. The zero-order valence-electron chi connectivity index (χ0n) is 11.0. The molecule has 0 aromatic rings. The maximum absolute atomic E-state index is 11.9. The summed E-state index contributed by atoms with van der Waals surface area (Å²) in [5.41, 5.74) is 5.46. The highest BCUT2D eigenvalue weighted by atomic mass is 16.5. The second-order valence-corrected chi connectivity index (χ2v) is 4.32. The molecule has 0 bridgehead atoms. The third-order valence-electron chi connectivity index (χ3n) is 2.80. The molecule has 1 amide bonds. The van der Waals surface area contributed by atoms with Crippen LogP contribution in [0.5, 0.6) is 0 Å². The molecule has 0 saturated heterocycles. The molecule has 3 N–H and O–H groups in total. The predicted molar refractivity (Wildman–Crippen MR) is 67.6 cm³/mol. The van der Waals surface area contributed by atoms with Gasteiger partial charge in [-0.1, -0.05) is 6.92 Å². The number of aliphatic hydroxyl groups excluding tert-OH is 1. The maximum Gasteiger partial charge on any atom is 0.222 e. The summed E-state index contributed by atoms with van der Waals surface area (Å²) in [4.78, 5) is 13.5. The standard InChI is InChI=1S/C12H26N2O3/c1-11(5-6-13)3-4-12(16)14(7-9-15)8-10-17-2/h11,15H,3-10,13H2,1-2H3. The summed E-state index contributed by atoms with van der Waals surface area (Å²) >= 11 is 0. The summed E-state index contributed by atoms with van der Waals surface area (Å²) in [6, 6.07) is 0. The molecule has 0 aromatic carbocycles. The molecule has 1 atom stereocenters. The van der Waals surface area contributed by atoms with Gasteiger partial charge in [0.25, 0.3) is 0 Å². The minimum Gasteiger partial charge on any atom is -0.395 e. The minimum absolute atomic E-state index is 0.00614. The fourth-order valence-corrected chi connectivity index (χ4v) is 1.64. The summed E-state index contributed by atoms with van der Waals surface area (Å²) in [5, 5.41) is 8.90. The van der Waals surface area contributed by atoms with Gasteiger partial charge in [-0.3, -0.25) is 4.79 Å². The normalized spacial score (nSPS) is 12.5. The van der Waals surface area contributed by atoms with E-state index in [0.29, 0.717) is 38.6 Å². The summed E-state index contributed by atoms with van der Waals surface area (Å²) < 4.78 is 4.94. The van der Waals surface area contributed by atoms with Gasteiger partial charge >= 0.3 is 0 Å². The van der Waals surface area contributed by atoms with Crippen molar-refractivity contribution in [3.05, 3.63) is 0 Å². The Hall–Kier alpha value is -0.650.